The molecule has 0 bridgehead atoms. The molecular formula is C20H21BBrFN6O5. The molecule has 0 fully saturated rings. The van der Waals surface area contributed by atoms with E-state index in [1.165, 1.54) is 23.1 Å². The minimum atomic E-state index is -0.961. The zero-order valence-corrected chi connectivity index (χ0v) is 19.5. The molecule has 0 saturated heterocycles. The quantitative estimate of drug-likeness (QED) is 0.155. The van der Waals surface area contributed by atoms with Gasteiger partial charge in [0.25, 0.3) is 0 Å². The summed E-state index contributed by atoms with van der Waals surface area (Å²) in [6.07, 6.45) is -0.961. The summed E-state index contributed by atoms with van der Waals surface area (Å²) in [5, 5.41) is 32.8. The second-order valence-corrected chi connectivity index (χ2v) is 8.44. The zero-order valence-electron chi connectivity index (χ0n) is 18.0. The summed E-state index contributed by atoms with van der Waals surface area (Å²) >= 11 is 3.10. The van der Waals surface area contributed by atoms with Crippen LogP contribution in [0.15, 0.2) is 45.5 Å². The standard InChI is InChI=1S/C20H21BBrFN6O5/c1-29(9-11-3-2-4-14-13(11)10-33-21(14)31)17(30)8-24-19-18(27-34-28-19)20(26-32)25-12-5-6-16(23)15(22)7-12/h2-7,20,25-26,31-32H,8-10H2,1H3,(H,24,28). The number of carbonyl (C=O) groups is 1. The lowest BCUT2D eigenvalue weighted by molar-refractivity contribution is -0.128. The van der Waals surface area contributed by atoms with Crippen molar-refractivity contribution in [1.29, 1.82) is 0 Å². The number of halogens is 2. The van der Waals surface area contributed by atoms with Crippen LogP contribution in [0.5, 0.6) is 0 Å². The summed E-state index contributed by atoms with van der Waals surface area (Å²) in [6, 6.07) is 9.71. The molecule has 1 unspecified atom stereocenters. The molecule has 1 aliphatic rings. The first-order chi connectivity index (χ1) is 16.4. The molecule has 0 spiro atoms. The second-order valence-electron chi connectivity index (χ2n) is 7.59. The molecule has 0 radical (unpaired) electrons. The third kappa shape index (κ3) is 5.21. The second kappa shape index (κ2) is 10.5. The topological polar surface area (TPSA) is 145 Å². The highest BCUT2D eigenvalue weighted by atomic mass is 79.9. The zero-order chi connectivity index (χ0) is 24.2. The molecule has 1 amide bonds. The summed E-state index contributed by atoms with van der Waals surface area (Å²) in [4.78, 5) is 14.2. The molecule has 2 heterocycles. The van der Waals surface area contributed by atoms with E-state index in [0.717, 1.165) is 11.1 Å². The Morgan fingerprint density at radius 1 is 1.35 bits per heavy atom. The Balaban J connectivity index is 1.38. The monoisotopic (exact) mass is 534 g/mol. The third-order valence-electron chi connectivity index (χ3n) is 5.35. The predicted molar refractivity (Wildman–Crippen MR) is 123 cm³/mol. The van der Waals surface area contributed by atoms with Gasteiger partial charge in [-0.1, -0.05) is 18.2 Å². The minimum absolute atomic E-state index is 0.119. The van der Waals surface area contributed by atoms with Gasteiger partial charge in [-0.15, -0.1) is 0 Å². The smallest absolute Gasteiger partial charge is 0.423 e. The third-order valence-corrected chi connectivity index (χ3v) is 5.96. The van der Waals surface area contributed by atoms with Gasteiger partial charge in [0.1, 0.15) is 5.82 Å². The molecule has 4 rings (SSSR count). The number of fused-ring (bicyclic) bond motifs is 1. The van der Waals surface area contributed by atoms with Crippen LogP contribution in [0.25, 0.3) is 0 Å². The van der Waals surface area contributed by atoms with Crippen molar-refractivity contribution in [3.05, 3.63) is 63.5 Å². The van der Waals surface area contributed by atoms with Crippen LogP contribution in [0.4, 0.5) is 15.9 Å². The van der Waals surface area contributed by atoms with Crippen molar-refractivity contribution in [3.8, 4) is 0 Å². The molecule has 11 nitrogen and oxygen atoms in total. The fourth-order valence-electron chi connectivity index (χ4n) is 3.52. The SMILES string of the molecule is CN(Cc1cccc2c1COB2O)C(=O)CNc1nonc1C(NO)Nc1ccc(F)c(Br)c1. The van der Waals surface area contributed by atoms with E-state index in [1.54, 1.807) is 13.1 Å². The molecule has 178 valence electrons. The van der Waals surface area contributed by atoms with Gasteiger partial charge in [-0.05, 0) is 61.0 Å². The van der Waals surface area contributed by atoms with Crippen molar-refractivity contribution >= 4 is 45.9 Å². The van der Waals surface area contributed by atoms with E-state index in [-0.39, 0.29) is 35.0 Å². The molecule has 1 aromatic heterocycles. The van der Waals surface area contributed by atoms with Gasteiger partial charge < -0.3 is 30.4 Å². The summed E-state index contributed by atoms with van der Waals surface area (Å²) in [7, 11) is 0.706. The van der Waals surface area contributed by atoms with Crippen LogP contribution in [0, 0.1) is 5.82 Å². The van der Waals surface area contributed by atoms with Crippen molar-refractivity contribution in [3.63, 3.8) is 0 Å². The molecule has 14 heteroatoms. The normalized spacial score (nSPS) is 13.5. The number of nitrogens with one attached hydrogen (secondary N) is 3. The van der Waals surface area contributed by atoms with Crippen molar-refractivity contribution in [2.24, 2.45) is 0 Å². The molecule has 1 aliphatic heterocycles. The number of rotatable bonds is 9. The van der Waals surface area contributed by atoms with Gasteiger partial charge in [0.15, 0.2) is 17.7 Å². The first-order valence-electron chi connectivity index (χ1n) is 10.2. The van der Waals surface area contributed by atoms with Gasteiger partial charge in [-0.3, -0.25) is 4.79 Å². The summed E-state index contributed by atoms with van der Waals surface area (Å²) in [6.45, 7) is 0.492. The Morgan fingerprint density at radius 2 is 2.18 bits per heavy atom. The van der Waals surface area contributed by atoms with Crippen LogP contribution < -0.4 is 21.6 Å². The van der Waals surface area contributed by atoms with Gasteiger partial charge in [0, 0.05) is 19.3 Å². The number of likely N-dealkylation sites (N-methyl/N-ethyl adjacent to an activating group) is 1. The van der Waals surface area contributed by atoms with Gasteiger partial charge >= 0.3 is 7.12 Å². The lowest BCUT2D eigenvalue weighted by atomic mass is 9.78. The molecule has 0 aliphatic carbocycles. The van der Waals surface area contributed by atoms with Crippen LogP contribution in [0.1, 0.15) is 23.0 Å². The Hall–Kier alpha value is -3.04. The fraction of sp³-hybridized carbons (Fsp3) is 0.250. The fourth-order valence-corrected chi connectivity index (χ4v) is 3.90. The van der Waals surface area contributed by atoms with Crippen molar-refractivity contribution in [1.82, 2.24) is 20.7 Å². The maximum absolute atomic E-state index is 13.5. The average Bonchev–Trinajstić information content (AvgIpc) is 3.45. The molecule has 3 aromatic rings. The van der Waals surface area contributed by atoms with Gasteiger partial charge in [-0.25, -0.2) is 9.02 Å². The maximum Gasteiger partial charge on any atom is 0.491 e. The first-order valence-corrected chi connectivity index (χ1v) is 11.0. The highest BCUT2D eigenvalue weighted by molar-refractivity contribution is 9.10. The number of carbonyl (C=O) groups excluding carboxylic acids is 1. The molecule has 34 heavy (non-hydrogen) atoms. The van der Waals surface area contributed by atoms with E-state index in [0.29, 0.717) is 17.7 Å². The number of hydrogen-bond acceptors (Lipinski definition) is 10. The van der Waals surface area contributed by atoms with E-state index in [2.05, 4.69) is 36.9 Å². The average molecular weight is 535 g/mol. The lowest BCUT2D eigenvalue weighted by Crippen LogP contribution is -2.34. The Labute approximate surface area is 202 Å². The van der Waals surface area contributed by atoms with Crippen LogP contribution in [-0.4, -0.2) is 52.1 Å². The van der Waals surface area contributed by atoms with Crippen molar-refractivity contribution in [2.45, 2.75) is 19.3 Å². The number of hydrogen-bond donors (Lipinski definition) is 5. The largest absolute Gasteiger partial charge is 0.491 e. The van der Waals surface area contributed by atoms with E-state index in [9.17, 15) is 19.4 Å². The summed E-state index contributed by atoms with van der Waals surface area (Å²) in [5.74, 6) is -0.537. The Kier molecular flexibility index (Phi) is 7.43. The van der Waals surface area contributed by atoms with Crippen molar-refractivity contribution in [2.75, 3.05) is 24.2 Å². The Bertz CT molecular complexity index is 1180. The molecular weight excluding hydrogens is 514 g/mol. The lowest BCUT2D eigenvalue weighted by Gasteiger charge is -2.20. The number of anilines is 2. The highest BCUT2D eigenvalue weighted by Crippen LogP contribution is 2.25. The number of amides is 1. The number of aromatic nitrogens is 2. The predicted octanol–water partition coefficient (Wildman–Crippen LogP) is 1.35. The van der Waals surface area contributed by atoms with E-state index < -0.39 is 19.1 Å². The summed E-state index contributed by atoms with van der Waals surface area (Å²) in [5.41, 5.74) is 5.15. The highest BCUT2D eigenvalue weighted by Gasteiger charge is 2.29. The van der Waals surface area contributed by atoms with Gasteiger partial charge in [0.05, 0.1) is 17.6 Å². The van der Waals surface area contributed by atoms with Crippen LogP contribution in [-0.2, 0) is 22.6 Å². The van der Waals surface area contributed by atoms with Crippen molar-refractivity contribution < 1.29 is 28.7 Å². The molecule has 1 atom stereocenters. The van der Waals surface area contributed by atoms with Gasteiger partial charge in [0.2, 0.25) is 5.91 Å². The Morgan fingerprint density at radius 3 is 2.94 bits per heavy atom. The molecule has 0 saturated carbocycles. The van der Waals surface area contributed by atoms with Crippen LogP contribution in [0.3, 0.4) is 0 Å². The maximum atomic E-state index is 13.5. The first kappa shape index (κ1) is 24.1. The van der Waals surface area contributed by atoms with E-state index >= 15 is 0 Å². The number of hydroxylamine groups is 1. The minimum Gasteiger partial charge on any atom is -0.423 e. The number of nitrogens with zero attached hydrogens (tertiary/aromatic N) is 3. The summed E-state index contributed by atoms with van der Waals surface area (Å²) < 4.78 is 23.8. The van der Waals surface area contributed by atoms with Crippen LogP contribution >= 0.6 is 15.9 Å². The van der Waals surface area contributed by atoms with Crippen LogP contribution in [0.2, 0.25) is 0 Å². The van der Waals surface area contributed by atoms with E-state index in [4.69, 9.17) is 9.28 Å². The van der Waals surface area contributed by atoms with Gasteiger partial charge in [-0.2, -0.15) is 5.48 Å². The van der Waals surface area contributed by atoms with E-state index in [1.807, 2.05) is 17.6 Å². The molecule has 2 aromatic carbocycles. The number of benzene rings is 2. The molecule has 5 N–H and O–H groups in total.